The second-order valence-electron chi connectivity index (χ2n) is 16.9. The number of unbranched alkanes of at least 4 members (excludes halogenated alkanes) is 29. The minimum absolute atomic E-state index is 0.124. The van der Waals surface area contributed by atoms with Gasteiger partial charge in [0.1, 0.15) is 13.2 Å². The molecule has 59 heavy (non-hydrogen) atoms. The molecule has 1 atom stereocenters. The molecule has 1 N–H and O–H groups in total. The Morgan fingerprint density at radius 2 is 0.644 bits per heavy atom. The molecule has 0 saturated heterocycles. The number of carboxylic acid groups (broad SMARTS) is 1. The lowest BCUT2D eigenvalue weighted by atomic mass is 10.1. The predicted molar refractivity (Wildman–Crippen MR) is 245 cm³/mol. The van der Waals surface area contributed by atoms with E-state index in [0.717, 1.165) is 83.5 Å². The maximum Gasteiger partial charge on any atom is 0.306 e. The number of esters is 3. The first kappa shape index (κ1) is 56.4. The maximum absolute atomic E-state index is 12.7. The molecule has 0 aliphatic heterocycles. The number of allylic oxidation sites excluding steroid dienone is 4. The van der Waals surface area contributed by atoms with E-state index in [1.807, 2.05) is 0 Å². The van der Waals surface area contributed by atoms with Gasteiger partial charge in [-0.2, -0.15) is 0 Å². The molecule has 0 radical (unpaired) electrons. The minimum atomic E-state index is -0.829. The summed E-state index contributed by atoms with van der Waals surface area (Å²) in [6.07, 6.45) is 48.3. The van der Waals surface area contributed by atoms with Gasteiger partial charge in [0.2, 0.25) is 0 Å². The zero-order chi connectivity index (χ0) is 43.1. The van der Waals surface area contributed by atoms with E-state index in [9.17, 15) is 19.2 Å². The van der Waals surface area contributed by atoms with Crippen molar-refractivity contribution >= 4 is 23.9 Å². The molecule has 8 heteroatoms. The highest BCUT2D eigenvalue weighted by Gasteiger charge is 2.19. The number of ether oxygens (including phenoxy) is 3. The van der Waals surface area contributed by atoms with Crippen LogP contribution in [0.3, 0.4) is 0 Å². The summed E-state index contributed by atoms with van der Waals surface area (Å²) in [7, 11) is 0. The van der Waals surface area contributed by atoms with Crippen molar-refractivity contribution in [3.8, 4) is 0 Å². The topological polar surface area (TPSA) is 116 Å². The van der Waals surface area contributed by atoms with E-state index in [0.29, 0.717) is 25.7 Å². The summed E-state index contributed by atoms with van der Waals surface area (Å²) >= 11 is 0. The average molecular weight is 833 g/mol. The second kappa shape index (κ2) is 46.4. The largest absolute Gasteiger partial charge is 0.481 e. The molecule has 0 spiro atoms. The van der Waals surface area contributed by atoms with Gasteiger partial charge in [0.15, 0.2) is 6.10 Å². The highest BCUT2D eigenvalue weighted by molar-refractivity contribution is 5.71. The van der Waals surface area contributed by atoms with E-state index in [4.69, 9.17) is 19.3 Å². The van der Waals surface area contributed by atoms with Crippen molar-refractivity contribution in [2.24, 2.45) is 0 Å². The molecule has 8 nitrogen and oxygen atoms in total. The number of carboxylic acids is 1. The lowest BCUT2D eigenvalue weighted by Crippen LogP contribution is -2.30. The SMILES string of the molecule is CCCCCCCC/C=C\CCCCCCCC(=O)OCC(COC(=O)CCCCCCCC/C=C\CCCCCCCCC)OC(=O)CCCCCCCCC(=O)O. The number of carbonyl (C=O) groups excluding carboxylic acids is 3. The van der Waals surface area contributed by atoms with Gasteiger partial charge in [0.25, 0.3) is 0 Å². The summed E-state index contributed by atoms with van der Waals surface area (Å²) < 4.78 is 16.6. The second-order valence-corrected chi connectivity index (χ2v) is 16.9. The normalized spacial score (nSPS) is 12.0. The summed E-state index contributed by atoms with van der Waals surface area (Å²) in [5.74, 6) is -1.80. The molecule has 1 unspecified atom stereocenters. The Balaban J connectivity index is 4.30. The Hall–Kier alpha value is -2.64. The van der Waals surface area contributed by atoms with Gasteiger partial charge in [0, 0.05) is 25.7 Å². The van der Waals surface area contributed by atoms with Crippen LogP contribution < -0.4 is 0 Å². The molecule has 0 bridgehead atoms. The fourth-order valence-corrected chi connectivity index (χ4v) is 7.16. The fraction of sp³-hybridized carbons (Fsp3) is 0.843. The van der Waals surface area contributed by atoms with E-state index in [-0.39, 0.29) is 38.0 Å². The van der Waals surface area contributed by atoms with Gasteiger partial charge in [-0.1, -0.05) is 179 Å². The smallest absolute Gasteiger partial charge is 0.306 e. The Morgan fingerprint density at radius 1 is 0.373 bits per heavy atom. The third-order valence-corrected chi connectivity index (χ3v) is 11.0. The third kappa shape index (κ3) is 46.3. The molecular formula is C51H92O8. The van der Waals surface area contributed by atoms with Crippen LogP contribution >= 0.6 is 0 Å². The van der Waals surface area contributed by atoms with Crippen LogP contribution in [0, 0.1) is 0 Å². The monoisotopic (exact) mass is 833 g/mol. The first-order chi connectivity index (χ1) is 28.9. The Labute approximate surface area is 362 Å². The minimum Gasteiger partial charge on any atom is -0.481 e. The van der Waals surface area contributed by atoms with E-state index >= 15 is 0 Å². The van der Waals surface area contributed by atoms with Crippen LogP contribution in [0.15, 0.2) is 24.3 Å². The summed E-state index contributed by atoms with van der Waals surface area (Å²) in [5, 5.41) is 8.77. The van der Waals surface area contributed by atoms with Gasteiger partial charge in [0.05, 0.1) is 0 Å². The lowest BCUT2D eigenvalue weighted by Gasteiger charge is -2.18. The van der Waals surface area contributed by atoms with Crippen LogP contribution in [0.5, 0.6) is 0 Å². The number of rotatable bonds is 46. The van der Waals surface area contributed by atoms with Gasteiger partial charge in [-0.3, -0.25) is 19.2 Å². The van der Waals surface area contributed by atoms with Gasteiger partial charge in [-0.15, -0.1) is 0 Å². The molecule has 0 rings (SSSR count). The molecule has 0 aliphatic rings. The molecule has 0 aromatic carbocycles. The molecule has 0 amide bonds. The van der Waals surface area contributed by atoms with Crippen molar-refractivity contribution in [3.05, 3.63) is 24.3 Å². The summed E-state index contributed by atoms with van der Waals surface area (Å²) in [6.45, 7) is 4.27. The molecule has 0 aliphatic carbocycles. The Kier molecular flexibility index (Phi) is 44.3. The average Bonchev–Trinajstić information content (AvgIpc) is 3.22. The first-order valence-corrected chi connectivity index (χ1v) is 24.9. The quantitative estimate of drug-likeness (QED) is 0.0279. The van der Waals surface area contributed by atoms with Crippen molar-refractivity contribution in [3.63, 3.8) is 0 Å². The Bertz CT molecular complexity index is 1020. The van der Waals surface area contributed by atoms with Crippen LogP contribution in [-0.4, -0.2) is 48.3 Å². The van der Waals surface area contributed by atoms with Crippen LogP contribution in [0.25, 0.3) is 0 Å². The van der Waals surface area contributed by atoms with Crippen molar-refractivity contribution in [1.29, 1.82) is 0 Å². The van der Waals surface area contributed by atoms with Crippen molar-refractivity contribution in [1.82, 2.24) is 0 Å². The zero-order valence-electron chi connectivity index (χ0n) is 38.5. The molecule has 0 fully saturated rings. The summed E-state index contributed by atoms with van der Waals surface area (Å²) in [6, 6.07) is 0. The van der Waals surface area contributed by atoms with Crippen molar-refractivity contribution in [2.75, 3.05) is 13.2 Å². The number of hydrogen-bond donors (Lipinski definition) is 1. The van der Waals surface area contributed by atoms with Gasteiger partial charge in [-0.25, -0.2) is 0 Å². The maximum atomic E-state index is 12.7. The number of aliphatic carboxylic acids is 1. The van der Waals surface area contributed by atoms with Crippen LogP contribution in [0.1, 0.15) is 258 Å². The number of carbonyl (C=O) groups is 4. The van der Waals surface area contributed by atoms with Crippen LogP contribution in [0.2, 0.25) is 0 Å². The van der Waals surface area contributed by atoms with Crippen LogP contribution in [-0.2, 0) is 33.4 Å². The predicted octanol–water partition coefficient (Wildman–Crippen LogP) is 15.0. The summed E-state index contributed by atoms with van der Waals surface area (Å²) in [5.41, 5.74) is 0. The third-order valence-electron chi connectivity index (χ3n) is 11.0. The van der Waals surface area contributed by atoms with Gasteiger partial charge in [-0.05, 0) is 77.0 Å². The standard InChI is InChI=1S/C51H92O8/c1-3-5-7-9-11-13-15-17-19-20-22-24-26-28-30-35-39-43-50(55)58-46-47(59-51(56)44-40-36-32-31-33-37-41-48(52)53)45-57-49(54)42-38-34-29-27-25-23-21-18-16-14-12-10-8-6-4-2/h18-21,47H,3-17,22-46H2,1-2H3,(H,52,53)/b20-19-,21-18-. The van der Waals surface area contributed by atoms with Gasteiger partial charge >= 0.3 is 23.9 Å². The van der Waals surface area contributed by atoms with Gasteiger partial charge < -0.3 is 19.3 Å². The molecular weight excluding hydrogens is 741 g/mol. The van der Waals surface area contributed by atoms with E-state index < -0.39 is 18.0 Å². The van der Waals surface area contributed by atoms with E-state index in [1.54, 1.807) is 0 Å². The molecule has 0 heterocycles. The molecule has 0 aromatic rings. The fourth-order valence-electron chi connectivity index (χ4n) is 7.16. The first-order valence-electron chi connectivity index (χ1n) is 24.9. The zero-order valence-corrected chi connectivity index (χ0v) is 38.5. The van der Waals surface area contributed by atoms with E-state index in [2.05, 4.69) is 38.2 Å². The Morgan fingerprint density at radius 3 is 0.966 bits per heavy atom. The highest BCUT2D eigenvalue weighted by Crippen LogP contribution is 2.14. The molecule has 0 saturated carbocycles. The molecule has 344 valence electrons. The number of hydrogen-bond acceptors (Lipinski definition) is 7. The van der Waals surface area contributed by atoms with Crippen LogP contribution in [0.4, 0.5) is 0 Å². The highest BCUT2D eigenvalue weighted by atomic mass is 16.6. The molecule has 0 aromatic heterocycles. The van der Waals surface area contributed by atoms with Crippen molar-refractivity contribution in [2.45, 2.75) is 264 Å². The summed E-state index contributed by atoms with van der Waals surface area (Å²) in [4.78, 5) is 48.4. The van der Waals surface area contributed by atoms with Crippen molar-refractivity contribution < 1.29 is 38.5 Å². The van der Waals surface area contributed by atoms with E-state index in [1.165, 1.54) is 122 Å². The lowest BCUT2D eigenvalue weighted by molar-refractivity contribution is -0.167.